The highest BCUT2D eigenvalue weighted by Gasteiger charge is 1.96. The van der Waals surface area contributed by atoms with E-state index < -0.39 is 0 Å². The predicted molar refractivity (Wildman–Crippen MR) is 46.8 cm³/mol. The van der Waals surface area contributed by atoms with Crippen LogP contribution in [-0.2, 0) is 0 Å². The second kappa shape index (κ2) is 5.10. The molecule has 10 heavy (non-hydrogen) atoms. The molecule has 1 aliphatic rings. The highest BCUT2D eigenvalue weighted by molar-refractivity contribution is 5.21. The molecule has 0 aromatic carbocycles. The van der Waals surface area contributed by atoms with E-state index in [4.69, 9.17) is 0 Å². The molecule has 0 aliphatic carbocycles. The molecule has 58 valence electrons. The molecule has 0 aromatic rings. The molecule has 0 saturated carbocycles. The molecule has 0 fully saturated rings. The van der Waals surface area contributed by atoms with Gasteiger partial charge in [-0.2, -0.15) is 0 Å². The molecule has 0 amide bonds. The first-order valence-electron chi connectivity index (χ1n) is 3.90. The number of allylic oxidation sites excluding steroid dienone is 2. The molecule has 0 saturated heterocycles. The van der Waals surface area contributed by atoms with Crippen LogP contribution in [-0.4, -0.2) is 6.04 Å². The summed E-state index contributed by atoms with van der Waals surface area (Å²) in [5.74, 6) is 0. The SMILES string of the molecule is CC.CC1=C[C@H](C)NC=C1. The summed E-state index contributed by atoms with van der Waals surface area (Å²) in [6, 6.07) is 0.514. The van der Waals surface area contributed by atoms with E-state index in [-0.39, 0.29) is 0 Å². The van der Waals surface area contributed by atoms with Gasteiger partial charge in [0.05, 0.1) is 0 Å². The van der Waals surface area contributed by atoms with Gasteiger partial charge in [-0.15, -0.1) is 0 Å². The fraction of sp³-hybridized carbons (Fsp3) is 0.556. The molecule has 1 aliphatic heterocycles. The highest BCUT2D eigenvalue weighted by atomic mass is 14.9. The number of dihydropyridines is 1. The second-order valence-electron chi connectivity index (χ2n) is 2.20. The molecule has 1 rings (SSSR count). The van der Waals surface area contributed by atoms with E-state index in [9.17, 15) is 0 Å². The monoisotopic (exact) mass is 139 g/mol. The maximum absolute atomic E-state index is 3.16. The van der Waals surface area contributed by atoms with Crippen molar-refractivity contribution in [3.05, 3.63) is 23.9 Å². The topological polar surface area (TPSA) is 12.0 Å². The molecule has 1 N–H and O–H groups in total. The average molecular weight is 139 g/mol. The molecule has 0 spiro atoms. The summed E-state index contributed by atoms with van der Waals surface area (Å²) in [4.78, 5) is 0. The maximum Gasteiger partial charge on any atom is 0.0416 e. The first-order chi connectivity index (χ1) is 4.79. The molecular formula is C9H17N. The van der Waals surface area contributed by atoms with Crippen LogP contribution in [0.15, 0.2) is 23.9 Å². The predicted octanol–water partition coefficient (Wildman–Crippen LogP) is 2.46. The van der Waals surface area contributed by atoms with Crippen molar-refractivity contribution < 1.29 is 0 Å². The molecular weight excluding hydrogens is 122 g/mol. The Balaban J connectivity index is 0.000000371. The van der Waals surface area contributed by atoms with Crippen LogP contribution in [0.1, 0.15) is 27.7 Å². The van der Waals surface area contributed by atoms with Crippen LogP contribution in [0.5, 0.6) is 0 Å². The maximum atomic E-state index is 3.16. The molecule has 1 atom stereocenters. The summed E-state index contributed by atoms with van der Waals surface area (Å²) in [5, 5.41) is 3.16. The molecule has 0 unspecified atom stereocenters. The van der Waals surface area contributed by atoms with Gasteiger partial charge in [0.25, 0.3) is 0 Å². The molecule has 1 nitrogen and oxygen atoms in total. The van der Waals surface area contributed by atoms with E-state index in [0.717, 1.165) is 0 Å². The van der Waals surface area contributed by atoms with Crippen molar-refractivity contribution in [2.75, 3.05) is 0 Å². The zero-order chi connectivity index (χ0) is 7.98. The normalized spacial score (nSPS) is 22.0. The minimum absolute atomic E-state index is 0.514. The van der Waals surface area contributed by atoms with E-state index in [2.05, 4.69) is 31.3 Å². The van der Waals surface area contributed by atoms with Gasteiger partial charge in [-0.3, -0.25) is 0 Å². The number of rotatable bonds is 0. The fourth-order valence-corrected chi connectivity index (χ4v) is 0.829. The highest BCUT2D eigenvalue weighted by Crippen LogP contribution is 2.01. The van der Waals surface area contributed by atoms with Crippen molar-refractivity contribution in [2.45, 2.75) is 33.7 Å². The minimum Gasteiger partial charge on any atom is -0.385 e. The number of hydrogen-bond donors (Lipinski definition) is 1. The molecule has 0 radical (unpaired) electrons. The summed E-state index contributed by atoms with van der Waals surface area (Å²) in [5.41, 5.74) is 1.34. The molecule has 1 heteroatoms. The van der Waals surface area contributed by atoms with Crippen LogP contribution in [0.25, 0.3) is 0 Å². The largest absolute Gasteiger partial charge is 0.385 e. The minimum atomic E-state index is 0.514. The van der Waals surface area contributed by atoms with Gasteiger partial charge < -0.3 is 5.32 Å². The lowest BCUT2D eigenvalue weighted by Crippen LogP contribution is -2.20. The van der Waals surface area contributed by atoms with Crippen molar-refractivity contribution in [3.8, 4) is 0 Å². The van der Waals surface area contributed by atoms with E-state index in [0.29, 0.717) is 6.04 Å². The van der Waals surface area contributed by atoms with Crippen molar-refractivity contribution in [3.63, 3.8) is 0 Å². The van der Waals surface area contributed by atoms with Crippen LogP contribution in [0.4, 0.5) is 0 Å². The lowest BCUT2D eigenvalue weighted by molar-refractivity contribution is 0.753. The van der Waals surface area contributed by atoms with Crippen molar-refractivity contribution in [1.29, 1.82) is 0 Å². The lowest BCUT2D eigenvalue weighted by atomic mass is 10.1. The summed E-state index contributed by atoms with van der Waals surface area (Å²) in [6.45, 7) is 8.24. The van der Waals surface area contributed by atoms with Gasteiger partial charge in [-0.05, 0) is 26.1 Å². The quantitative estimate of drug-likeness (QED) is 0.543. The Morgan fingerprint density at radius 2 is 2.00 bits per heavy atom. The Kier molecular flexibility index (Phi) is 4.73. The van der Waals surface area contributed by atoms with Crippen LogP contribution >= 0.6 is 0 Å². The Morgan fingerprint density at radius 3 is 2.30 bits per heavy atom. The zero-order valence-corrected chi connectivity index (χ0v) is 7.31. The van der Waals surface area contributed by atoms with Gasteiger partial charge >= 0.3 is 0 Å². The number of hydrogen-bond acceptors (Lipinski definition) is 1. The molecule has 1 heterocycles. The van der Waals surface area contributed by atoms with Crippen LogP contribution < -0.4 is 5.32 Å². The summed E-state index contributed by atoms with van der Waals surface area (Å²) < 4.78 is 0. The summed E-state index contributed by atoms with van der Waals surface area (Å²) in [6.07, 6.45) is 6.25. The Labute approximate surface area is 63.8 Å². The summed E-state index contributed by atoms with van der Waals surface area (Å²) in [7, 11) is 0. The standard InChI is InChI=1S/C7H11N.C2H6/c1-6-3-4-8-7(2)5-6;1-2/h3-5,7-8H,1-2H3;1-2H3/t7-;/m0./s1. The Hall–Kier alpha value is -0.720. The number of nitrogens with one attached hydrogen (secondary N) is 1. The van der Waals surface area contributed by atoms with Crippen molar-refractivity contribution >= 4 is 0 Å². The second-order valence-corrected chi connectivity index (χ2v) is 2.20. The van der Waals surface area contributed by atoms with E-state index in [1.807, 2.05) is 20.0 Å². The summed E-state index contributed by atoms with van der Waals surface area (Å²) >= 11 is 0. The van der Waals surface area contributed by atoms with Gasteiger partial charge in [0.15, 0.2) is 0 Å². The van der Waals surface area contributed by atoms with Gasteiger partial charge in [-0.25, -0.2) is 0 Å². The Morgan fingerprint density at radius 1 is 1.40 bits per heavy atom. The van der Waals surface area contributed by atoms with Gasteiger partial charge in [-0.1, -0.05) is 25.5 Å². The van der Waals surface area contributed by atoms with E-state index >= 15 is 0 Å². The van der Waals surface area contributed by atoms with Gasteiger partial charge in [0.1, 0.15) is 0 Å². The molecule has 0 aromatic heterocycles. The third-order valence-electron chi connectivity index (χ3n) is 1.22. The van der Waals surface area contributed by atoms with Crippen LogP contribution in [0.2, 0.25) is 0 Å². The van der Waals surface area contributed by atoms with Gasteiger partial charge in [0, 0.05) is 6.04 Å². The molecule has 0 bridgehead atoms. The van der Waals surface area contributed by atoms with E-state index in [1.54, 1.807) is 0 Å². The fourth-order valence-electron chi connectivity index (χ4n) is 0.829. The third kappa shape index (κ3) is 3.33. The third-order valence-corrected chi connectivity index (χ3v) is 1.22. The zero-order valence-electron chi connectivity index (χ0n) is 7.31. The smallest absolute Gasteiger partial charge is 0.0416 e. The average Bonchev–Trinajstić information content (AvgIpc) is 1.91. The van der Waals surface area contributed by atoms with Crippen LogP contribution in [0, 0.1) is 0 Å². The Bertz CT molecular complexity index is 134. The lowest BCUT2D eigenvalue weighted by Gasteiger charge is -2.11. The van der Waals surface area contributed by atoms with Crippen molar-refractivity contribution in [2.24, 2.45) is 0 Å². The van der Waals surface area contributed by atoms with Crippen LogP contribution in [0.3, 0.4) is 0 Å². The first-order valence-corrected chi connectivity index (χ1v) is 3.90. The van der Waals surface area contributed by atoms with E-state index in [1.165, 1.54) is 5.57 Å². The van der Waals surface area contributed by atoms with Gasteiger partial charge in [0.2, 0.25) is 0 Å². The first kappa shape index (κ1) is 9.28. The van der Waals surface area contributed by atoms with Crippen molar-refractivity contribution in [1.82, 2.24) is 5.32 Å².